The molecule has 0 bridgehead atoms. The van der Waals surface area contributed by atoms with Crippen LogP contribution in [-0.4, -0.2) is 38.4 Å². The van der Waals surface area contributed by atoms with Crippen LogP contribution < -0.4 is 20.1 Å². The Bertz CT molecular complexity index is 910. The molecule has 1 unspecified atom stereocenters. The molecule has 2 aromatic rings. The van der Waals surface area contributed by atoms with Crippen molar-refractivity contribution in [2.75, 3.05) is 27.3 Å². The smallest absolute Gasteiger partial charge is 0.416 e. The number of benzene rings is 2. The highest BCUT2D eigenvalue weighted by Crippen LogP contribution is 2.33. The first kappa shape index (κ1) is 27.8. The Morgan fingerprint density at radius 2 is 1.75 bits per heavy atom. The van der Waals surface area contributed by atoms with Gasteiger partial charge in [0.25, 0.3) is 0 Å². The number of halogens is 5. The lowest BCUT2D eigenvalue weighted by atomic mass is 10.1. The summed E-state index contributed by atoms with van der Waals surface area (Å²) in [5, 5.41) is 16.2. The molecule has 0 saturated heterocycles. The standard InChI is InChI=1S/C21H25F4N3O3.HI/c1-4-26-20(27-11-14-5-7-15(22)10-16(14)21(23,24)25)28-12-17(29)13-6-8-18(30-2)19(9-13)31-3;/h5-10,17,29H,4,11-12H2,1-3H3,(H2,26,27,28);1H. The van der Waals surface area contributed by atoms with Crippen LogP contribution in [0.2, 0.25) is 0 Å². The summed E-state index contributed by atoms with van der Waals surface area (Å²) in [5.41, 5.74) is -0.678. The number of hydrogen-bond donors (Lipinski definition) is 3. The Kier molecular flexibility index (Phi) is 11.0. The average molecular weight is 571 g/mol. The van der Waals surface area contributed by atoms with Crippen LogP contribution in [0, 0.1) is 5.82 Å². The van der Waals surface area contributed by atoms with Crippen molar-refractivity contribution < 1.29 is 32.1 Å². The Hall–Kier alpha value is -2.28. The maximum atomic E-state index is 13.3. The fraction of sp³-hybridized carbons (Fsp3) is 0.381. The van der Waals surface area contributed by atoms with Crippen LogP contribution in [0.25, 0.3) is 0 Å². The Morgan fingerprint density at radius 3 is 2.34 bits per heavy atom. The second kappa shape index (κ2) is 12.7. The van der Waals surface area contributed by atoms with Crippen molar-refractivity contribution in [2.45, 2.75) is 25.7 Å². The topological polar surface area (TPSA) is 75.1 Å². The fourth-order valence-corrected chi connectivity index (χ4v) is 2.83. The van der Waals surface area contributed by atoms with E-state index in [4.69, 9.17) is 9.47 Å². The van der Waals surface area contributed by atoms with Gasteiger partial charge in [-0.1, -0.05) is 12.1 Å². The van der Waals surface area contributed by atoms with Gasteiger partial charge in [-0.05, 0) is 42.3 Å². The van der Waals surface area contributed by atoms with Gasteiger partial charge in [0.2, 0.25) is 0 Å². The van der Waals surface area contributed by atoms with Gasteiger partial charge in [0.15, 0.2) is 17.5 Å². The van der Waals surface area contributed by atoms with Crippen LogP contribution in [0.4, 0.5) is 17.6 Å². The third kappa shape index (κ3) is 7.69. The molecule has 0 fully saturated rings. The maximum Gasteiger partial charge on any atom is 0.416 e. The SMILES string of the molecule is CCNC(=NCc1ccc(F)cc1C(F)(F)F)NCC(O)c1ccc(OC)c(OC)c1.I. The quantitative estimate of drug-likeness (QED) is 0.191. The molecular formula is C21H26F4IN3O3. The molecule has 3 N–H and O–H groups in total. The minimum absolute atomic E-state index is 0. The number of nitrogens with one attached hydrogen (secondary N) is 2. The lowest BCUT2D eigenvalue weighted by Gasteiger charge is -2.17. The van der Waals surface area contributed by atoms with E-state index in [0.29, 0.717) is 29.7 Å². The normalized spacial score (nSPS) is 12.6. The minimum atomic E-state index is -4.69. The van der Waals surface area contributed by atoms with Gasteiger partial charge in [-0.3, -0.25) is 0 Å². The average Bonchev–Trinajstić information content (AvgIpc) is 2.74. The number of ether oxygens (including phenoxy) is 2. The lowest BCUT2D eigenvalue weighted by Crippen LogP contribution is -2.39. The van der Waals surface area contributed by atoms with Gasteiger partial charge in [-0.15, -0.1) is 24.0 Å². The van der Waals surface area contributed by atoms with Gasteiger partial charge >= 0.3 is 6.18 Å². The molecule has 2 rings (SSSR count). The zero-order valence-electron chi connectivity index (χ0n) is 17.8. The molecule has 0 aliphatic heterocycles. The Morgan fingerprint density at radius 1 is 1.06 bits per heavy atom. The summed E-state index contributed by atoms with van der Waals surface area (Å²) in [6.07, 6.45) is -5.64. The largest absolute Gasteiger partial charge is 0.493 e. The van der Waals surface area contributed by atoms with E-state index in [9.17, 15) is 22.7 Å². The zero-order chi connectivity index (χ0) is 23.0. The number of hydrogen-bond acceptors (Lipinski definition) is 4. The highest BCUT2D eigenvalue weighted by atomic mass is 127. The van der Waals surface area contributed by atoms with E-state index in [1.54, 1.807) is 25.1 Å². The number of methoxy groups -OCH3 is 2. The lowest BCUT2D eigenvalue weighted by molar-refractivity contribution is -0.138. The Labute approximate surface area is 201 Å². The van der Waals surface area contributed by atoms with Gasteiger partial charge in [0, 0.05) is 13.1 Å². The molecule has 11 heteroatoms. The van der Waals surface area contributed by atoms with Gasteiger partial charge in [-0.25, -0.2) is 9.38 Å². The van der Waals surface area contributed by atoms with Crippen LogP contribution >= 0.6 is 24.0 Å². The van der Waals surface area contributed by atoms with Crippen LogP contribution in [-0.2, 0) is 12.7 Å². The Balaban J connectivity index is 0.00000512. The van der Waals surface area contributed by atoms with Crippen LogP contribution in [0.15, 0.2) is 41.4 Å². The third-order valence-corrected chi connectivity index (χ3v) is 4.38. The van der Waals surface area contributed by atoms with Gasteiger partial charge in [0.1, 0.15) is 5.82 Å². The first-order valence-electron chi connectivity index (χ1n) is 9.47. The van der Waals surface area contributed by atoms with E-state index in [1.165, 1.54) is 14.2 Å². The number of aliphatic hydroxyl groups is 1. The number of nitrogens with zero attached hydrogens (tertiary/aromatic N) is 1. The van der Waals surface area contributed by atoms with Crippen LogP contribution in [0.5, 0.6) is 11.5 Å². The molecular weight excluding hydrogens is 545 g/mol. The highest BCUT2D eigenvalue weighted by Gasteiger charge is 2.33. The van der Waals surface area contributed by atoms with E-state index in [0.717, 1.165) is 12.1 Å². The second-order valence-corrected chi connectivity index (χ2v) is 6.51. The molecule has 0 spiro atoms. The molecule has 32 heavy (non-hydrogen) atoms. The summed E-state index contributed by atoms with van der Waals surface area (Å²) in [6.45, 7) is 1.96. The molecule has 0 aliphatic carbocycles. The van der Waals surface area contributed by atoms with E-state index < -0.39 is 23.7 Å². The summed E-state index contributed by atoms with van der Waals surface area (Å²) in [5.74, 6) is 0.208. The van der Waals surface area contributed by atoms with Gasteiger partial charge in [0.05, 0.1) is 32.4 Å². The van der Waals surface area contributed by atoms with Crippen molar-refractivity contribution in [3.63, 3.8) is 0 Å². The molecule has 0 amide bonds. The molecule has 2 aromatic carbocycles. The molecule has 178 valence electrons. The summed E-state index contributed by atoms with van der Waals surface area (Å²) in [6, 6.07) is 7.43. The number of guanidine groups is 1. The molecule has 0 radical (unpaired) electrons. The number of aliphatic hydroxyl groups excluding tert-OH is 1. The third-order valence-electron chi connectivity index (χ3n) is 4.38. The highest BCUT2D eigenvalue weighted by molar-refractivity contribution is 14.0. The summed E-state index contributed by atoms with van der Waals surface area (Å²) in [4.78, 5) is 4.13. The predicted octanol–water partition coefficient (Wildman–Crippen LogP) is 4.27. The van der Waals surface area contributed by atoms with Crippen LogP contribution in [0.1, 0.15) is 29.7 Å². The summed E-state index contributed by atoms with van der Waals surface area (Å²) in [7, 11) is 2.98. The molecule has 0 aliphatic rings. The predicted molar refractivity (Wildman–Crippen MR) is 124 cm³/mol. The molecule has 1 atom stereocenters. The van der Waals surface area contributed by atoms with E-state index in [1.807, 2.05) is 0 Å². The molecule has 6 nitrogen and oxygen atoms in total. The van der Waals surface area contributed by atoms with Gasteiger partial charge in [-0.2, -0.15) is 13.2 Å². The van der Waals surface area contributed by atoms with Crippen molar-refractivity contribution in [1.82, 2.24) is 10.6 Å². The first-order valence-corrected chi connectivity index (χ1v) is 9.47. The number of rotatable bonds is 8. The second-order valence-electron chi connectivity index (χ2n) is 6.51. The van der Waals surface area contributed by atoms with Crippen molar-refractivity contribution in [2.24, 2.45) is 4.99 Å². The molecule has 0 aromatic heterocycles. The maximum absolute atomic E-state index is 13.3. The molecule has 0 heterocycles. The van der Waals surface area contributed by atoms with Gasteiger partial charge < -0.3 is 25.2 Å². The monoisotopic (exact) mass is 571 g/mol. The fourth-order valence-electron chi connectivity index (χ4n) is 2.83. The van der Waals surface area contributed by atoms with E-state index >= 15 is 0 Å². The molecule has 0 saturated carbocycles. The van der Waals surface area contributed by atoms with Crippen molar-refractivity contribution in [3.05, 3.63) is 58.9 Å². The first-order chi connectivity index (χ1) is 14.7. The van der Waals surface area contributed by atoms with Crippen molar-refractivity contribution in [3.8, 4) is 11.5 Å². The zero-order valence-corrected chi connectivity index (χ0v) is 20.1. The van der Waals surface area contributed by atoms with Crippen LogP contribution in [0.3, 0.4) is 0 Å². The summed E-state index contributed by atoms with van der Waals surface area (Å²) < 4.78 is 63.1. The van der Waals surface area contributed by atoms with E-state index in [2.05, 4.69) is 15.6 Å². The number of alkyl halides is 3. The number of aliphatic imine (C=N–C) groups is 1. The summed E-state index contributed by atoms with van der Waals surface area (Å²) >= 11 is 0. The van der Waals surface area contributed by atoms with Crippen molar-refractivity contribution >= 4 is 29.9 Å². The van der Waals surface area contributed by atoms with E-state index in [-0.39, 0.29) is 48.6 Å². The minimum Gasteiger partial charge on any atom is -0.493 e. The van der Waals surface area contributed by atoms with Crippen molar-refractivity contribution in [1.29, 1.82) is 0 Å².